The summed E-state index contributed by atoms with van der Waals surface area (Å²) < 4.78 is 13.4. The highest BCUT2D eigenvalue weighted by Crippen LogP contribution is 2.22. The summed E-state index contributed by atoms with van der Waals surface area (Å²) >= 11 is 0. The van der Waals surface area contributed by atoms with E-state index >= 15 is 0 Å². The van der Waals surface area contributed by atoms with E-state index in [-0.39, 0.29) is 35.2 Å². The van der Waals surface area contributed by atoms with Crippen molar-refractivity contribution in [1.82, 2.24) is 15.5 Å². The van der Waals surface area contributed by atoms with Crippen molar-refractivity contribution < 1.29 is 4.39 Å². The van der Waals surface area contributed by atoms with Gasteiger partial charge in [0.15, 0.2) is 5.96 Å². The first-order valence-electron chi connectivity index (χ1n) is 7.78. The smallest absolute Gasteiger partial charge is 0.191 e. The quantitative estimate of drug-likeness (QED) is 0.393. The number of nitrogens with zero attached hydrogens (tertiary/aromatic N) is 2. The minimum Gasteiger partial charge on any atom is -0.356 e. The highest BCUT2D eigenvalue weighted by atomic mass is 127. The van der Waals surface area contributed by atoms with Gasteiger partial charge in [0, 0.05) is 32.1 Å². The van der Waals surface area contributed by atoms with Crippen molar-refractivity contribution in [1.29, 1.82) is 0 Å². The summed E-state index contributed by atoms with van der Waals surface area (Å²) in [6, 6.07) is 6.77. The van der Waals surface area contributed by atoms with Gasteiger partial charge in [0.25, 0.3) is 0 Å². The van der Waals surface area contributed by atoms with E-state index in [1.54, 1.807) is 19.2 Å². The largest absolute Gasteiger partial charge is 0.356 e. The van der Waals surface area contributed by atoms with Crippen molar-refractivity contribution in [3.05, 3.63) is 35.6 Å². The van der Waals surface area contributed by atoms with Crippen LogP contribution in [0, 0.1) is 5.82 Å². The fraction of sp³-hybridized carbons (Fsp3) is 0.588. The standard InChI is InChI=1S/C17H29FN4.HI/c1-6-22(5)11-10-20-16(19-4)21-13-17(2,3)14-8-7-9-15(18)12-14;/h7-9,12H,6,10-11,13H2,1-5H3,(H2,19,20,21);1H. The Morgan fingerprint density at radius 1 is 1.30 bits per heavy atom. The van der Waals surface area contributed by atoms with Crippen LogP contribution in [0.1, 0.15) is 26.3 Å². The van der Waals surface area contributed by atoms with Crippen LogP contribution in [0.15, 0.2) is 29.3 Å². The molecule has 0 atom stereocenters. The molecule has 0 heterocycles. The van der Waals surface area contributed by atoms with Crippen molar-refractivity contribution in [2.24, 2.45) is 4.99 Å². The van der Waals surface area contributed by atoms with Crippen LogP contribution >= 0.6 is 24.0 Å². The summed E-state index contributed by atoms with van der Waals surface area (Å²) in [6.45, 7) is 9.82. The zero-order valence-corrected chi connectivity index (χ0v) is 17.1. The maximum absolute atomic E-state index is 13.4. The Morgan fingerprint density at radius 2 is 2.00 bits per heavy atom. The number of nitrogens with one attached hydrogen (secondary N) is 2. The topological polar surface area (TPSA) is 39.7 Å². The average molecular weight is 436 g/mol. The van der Waals surface area contributed by atoms with E-state index in [0.717, 1.165) is 31.2 Å². The number of halogens is 2. The highest BCUT2D eigenvalue weighted by Gasteiger charge is 2.21. The van der Waals surface area contributed by atoms with Crippen LogP contribution in [-0.2, 0) is 5.41 Å². The summed E-state index contributed by atoms with van der Waals surface area (Å²) in [5, 5.41) is 6.61. The molecule has 132 valence electrons. The molecule has 0 saturated carbocycles. The third-order valence-electron chi connectivity index (χ3n) is 3.85. The third kappa shape index (κ3) is 7.97. The maximum atomic E-state index is 13.4. The lowest BCUT2D eigenvalue weighted by Crippen LogP contribution is -2.45. The van der Waals surface area contributed by atoms with Crippen LogP contribution in [0.2, 0.25) is 0 Å². The first kappa shape index (κ1) is 22.1. The number of hydrogen-bond acceptors (Lipinski definition) is 2. The lowest BCUT2D eigenvalue weighted by atomic mass is 9.84. The summed E-state index contributed by atoms with van der Waals surface area (Å²) in [5.74, 6) is 0.574. The molecule has 0 aliphatic heterocycles. The van der Waals surface area contributed by atoms with Crippen LogP contribution in [0.3, 0.4) is 0 Å². The Morgan fingerprint density at radius 3 is 2.57 bits per heavy atom. The Labute approximate surface area is 157 Å². The molecule has 1 rings (SSSR count). The van der Waals surface area contributed by atoms with Gasteiger partial charge in [-0.3, -0.25) is 4.99 Å². The van der Waals surface area contributed by atoms with Gasteiger partial charge in [-0.05, 0) is 31.3 Å². The van der Waals surface area contributed by atoms with E-state index < -0.39 is 0 Å². The van der Waals surface area contributed by atoms with Crippen molar-refractivity contribution in [3.8, 4) is 0 Å². The number of aliphatic imine (C=N–C) groups is 1. The van der Waals surface area contributed by atoms with E-state index in [1.165, 1.54) is 6.07 Å². The van der Waals surface area contributed by atoms with Crippen molar-refractivity contribution in [2.75, 3.05) is 40.3 Å². The van der Waals surface area contributed by atoms with Gasteiger partial charge in [0.2, 0.25) is 0 Å². The first-order valence-corrected chi connectivity index (χ1v) is 7.78. The summed E-state index contributed by atoms with van der Waals surface area (Å²) in [4.78, 5) is 6.46. The zero-order valence-electron chi connectivity index (χ0n) is 14.8. The van der Waals surface area contributed by atoms with Crippen molar-refractivity contribution >= 4 is 29.9 Å². The van der Waals surface area contributed by atoms with E-state index in [4.69, 9.17) is 0 Å². The molecule has 0 bridgehead atoms. The molecule has 6 heteroatoms. The molecule has 0 unspecified atom stereocenters. The van der Waals surface area contributed by atoms with Crippen LogP contribution < -0.4 is 10.6 Å². The number of rotatable bonds is 7. The van der Waals surface area contributed by atoms with E-state index in [1.807, 2.05) is 6.07 Å². The highest BCUT2D eigenvalue weighted by molar-refractivity contribution is 14.0. The summed E-state index contributed by atoms with van der Waals surface area (Å²) in [6.07, 6.45) is 0. The van der Waals surface area contributed by atoms with Gasteiger partial charge >= 0.3 is 0 Å². The molecule has 0 saturated heterocycles. The van der Waals surface area contributed by atoms with E-state index in [2.05, 4.69) is 48.3 Å². The van der Waals surface area contributed by atoms with Gasteiger partial charge in [0.1, 0.15) is 5.82 Å². The number of hydrogen-bond donors (Lipinski definition) is 2. The Hall–Kier alpha value is -0.890. The predicted octanol–water partition coefficient (Wildman–Crippen LogP) is 2.84. The predicted molar refractivity (Wildman–Crippen MR) is 107 cm³/mol. The lowest BCUT2D eigenvalue weighted by molar-refractivity contribution is 0.357. The normalized spacial score (nSPS) is 12.0. The monoisotopic (exact) mass is 436 g/mol. The molecule has 0 amide bonds. The molecular formula is C17H30FIN4. The molecule has 0 aliphatic carbocycles. The van der Waals surface area contributed by atoms with Crippen molar-refractivity contribution in [2.45, 2.75) is 26.2 Å². The second-order valence-corrected chi connectivity index (χ2v) is 6.14. The van der Waals surface area contributed by atoms with E-state index in [0.29, 0.717) is 6.54 Å². The van der Waals surface area contributed by atoms with Crippen molar-refractivity contribution in [3.63, 3.8) is 0 Å². The first-order chi connectivity index (χ1) is 10.4. The SMILES string of the molecule is CCN(C)CCNC(=NC)NCC(C)(C)c1cccc(F)c1.I. The molecule has 0 spiro atoms. The Kier molecular flexibility index (Phi) is 10.4. The molecular weight excluding hydrogens is 406 g/mol. The van der Waals surface area contributed by atoms with Gasteiger partial charge in [-0.25, -0.2) is 4.39 Å². The number of benzene rings is 1. The minimum atomic E-state index is -0.198. The van der Waals surface area contributed by atoms with E-state index in [9.17, 15) is 4.39 Å². The lowest BCUT2D eigenvalue weighted by Gasteiger charge is -2.27. The molecule has 0 fully saturated rings. The number of guanidine groups is 1. The Balaban J connectivity index is 0.00000484. The molecule has 23 heavy (non-hydrogen) atoms. The fourth-order valence-corrected chi connectivity index (χ4v) is 2.06. The zero-order chi connectivity index (χ0) is 16.6. The third-order valence-corrected chi connectivity index (χ3v) is 3.85. The summed E-state index contributed by atoms with van der Waals surface area (Å²) in [7, 11) is 3.85. The average Bonchev–Trinajstić information content (AvgIpc) is 2.50. The van der Waals surface area contributed by atoms with Crippen LogP contribution in [0.5, 0.6) is 0 Å². The number of likely N-dealkylation sites (N-methyl/N-ethyl adjacent to an activating group) is 1. The van der Waals surface area contributed by atoms with Crippen LogP contribution in [0.4, 0.5) is 4.39 Å². The molecule has 1 aromatic carbocycles. The van der Waals surface area contributed by atoms with Crippen LogP contribution in [0.25, 0.3) is 0 Å². The van der Waals surface area contributed by atoms with Crippen LogP contribution in [-0.4, -0.2) is 51.1 Å². The second kappa shape index (κ2) is 10.8. The molecule has 4 nitrogen and oxygen atoms in total. The molecule has 0 aromatic heterocycles. The van der Waals surface area contributed by atoms with Gasteiger partial charge in [-0.15, -0.1) is 24.0 Å². The fourth-order valence-electron chi connectivity index (χ4n) is 2.06. The summed E-state index contributed by atoms with van der Waals surface area (Å²) in [5.41, 5.74) is 0.793. The molecule has 0 aliphatic rings. The van der Waals surface area contributed by atoms with Gasteiger partial charge in [-0.2, -0.15) is 0 Å². The maximum Gasteiger partial charge on any atom is 0.191 e. The van der Waals surface area contributed by atoms with Gasteiger partial charge in [0.05, 0.1) is 0 Å². The van der Waals surface area contributed by atoms with Gasteiger partial charge < -0.3 is 15.5 Å². The minimum absolute atomic E-state index is 0. The Bertz CT molecular complexity index is 491. The second-order valence-electron chi connectivity index (χ2n) is 6.14. The molecule has 2 N–H and O–H groups in total. The molecule has 1 aromatic rings. The van der Waals surface area contributed by atoms with Gasteiger partial charge in [-0.1, -0.05) is 32.9 Å². The molecule has 0 radical (unpaired) electrons.